The lowest BCUT2D eigenvalue weighted by Crippen LogP contribution is -2.27. The highest BCUT2D eigenvalue weighted by Gasteiger charge is 2.20. The topological polar surface area (TPSA) is 64.2 Å². The smallest absolute Gasteiger partial charge is 0.254 e. The van der Waals surface area contributed by atoms with E-state index in [1.165, 1.54) is 0 Å². The van der Waals surface area contributed by atoms with Crippen LogP contribution in [-0.4, -0.2) is 31.6 Å². The van der Waals surface area contributed by atoms with Crippen molar-refractivity contribution in [2.24, 2.45) is 0 Å². The maximum Gasteiger partial charge on any atom is 0.254 e. The molecule has 0 atom stereocenters. The van der Waals surface area contributed by atoms with Gasteiger partial charge in [0.15, 0.2) is 0 Å². The second kappa shape index (κ2) is 8.31. The minimum absolute atomic E-state index is 0.0863. The molecular formula is C23H25N5O. The van der Waals surface area contributed by atoms with Crippen molar-refractivity contribution < 1.29 is 4.79 Å². The summed E-state index contributed by atoms with van der Waals surface area (Å²) >= 11 is 0. The molecule has 4 aromatic rings. The Balaban J connectivity index is 1.43. The summed E-state index contributed by atoms with van der Waals surface area (Å²) in [5.74, 6) is 0.108. The van der Waals surface area contributed by atoms with Crippen molar-refractivity contribution in [1.29, 1.82) is 0 Å². The van der Waals surface area contributed by atoms with Crippen molar-refractivity contribution >= 4 is 11.6 Å². The molecule has 4 rings (SSSR count). The lowest BCUT2D eigenvalue weighted by atomic mass is 10.0. The van der Waals surface area contributed by atoms with Crippen LogP contribution >= 0.6 is 0 Å². The Hall–Kier alpha value is -3.41. The molecule has 0 radical (unpaired) electrons. The monoisotopic (exact) mass is 387 g/mol. The molecule has 0 saturated carbocycles. The molecule has 3 aromatic heterocycles. The lowest BCUT2D eigenvalue weighted by molar-refractivity contribution is 0.0952. The molecule has 1 N–H and O–H groups in total. The van der Waals surface area contributed by atoms with Crippen molar-refractivity contribution in [3.8, 4) is 0 Å². The predicted octanol–water partition coefficient (Wildman–Crippen LogP) is 3.68. The third-order valence-electron chi connectivity index (χ3n) is 4.93. The number of rotatable bonds is 7. The zero-order valence-corrected chi connectivity index (χ0v) is 16.7. The summed E-state index contributed by atoms with van der Waals surface area (Å²) in [7, 11) is 0. The molecule has 0 aliphatic heterocycles. The van der Waals surface area contributed by atoms with Gasteiger partial charge in [0.25, 0.3) is 5.91 Å². The van der Waals surface area contributed by atoms with E-state index in [1.54, 1.807) is 6.20 Å². The van der Waals surface area contributed by atoms with E-state index in [9.17, 15) is 4.79 Å². The summed E-state index contributed by atoms with van der Waals surface area (Å²) in [4.78, 5) is 17.4. The fourth-order valence-corrected chi connectivity index (χ4v) is 3.57. The van der Waals surface area contributed by atoms with Crippen LogP contribution in [0.5, 0.6) is 0 Å². The molecule has 29 heavy (non-hydrogen) atoms. The van der Waals surface area contributed by atoms with Gasteiger partial charge in [-0.3, -0.25) is 9.48 Å². The first-order valence-corrected chi connectivity index (χ1v) is 9.92. The van der Waals surface area contributed by atoms with Gasteiger partial charge in [0.1, 0.15) is 5.65 Å². The largest absolute Gasteiger partial charge is 0.352 e. The van der Waals surface area contributed by atoms with E-state index in [-0.39, 0.29) is 11.8 Å². The normalized spacial score (nSPS) is 11.3. The highest BCUT2D eigenvalue weighted by atomic mass is 16.1. The van der Waals surface area contributed by atoms with E-state index >= 15 is 0 Å². The van der Waals surface area contributed by atoms with Crippen molar-refractivity contribution in [2.75, 3.05) is 6.54 Å². The summed E-state index contributed by atoms with van der Waals surface area (Å²) in [6.07, 6.45) is 6.33. The first kappa shape index (κ1) is 18.9. The molecule has 0 saturated heterocycles. The third-order valence-corrected chi connectivity index (χ3v) is 4.93. The second-order valence-electron chi connectivity index (χ2n) is 7.45. The number of amides is 1. The minimum atomic E-state index is -0.0863. The summed E-state index contributed by atoms with van der Waals surface area (Å²) < 4.78 is 3.92. The Labute approximate surface area is 170 Å². The minimum Gasteiger partial charge on any atom is -0.352 e. The summed E-state index contributed by atoms with van der Waals surface area (Å²) in [5, 5.41) is 7.51. The number of hydrogen-bond acceptors (Lipinski definition) is 3. The molecule has 1 amide bonds. The fourth-order valence-electron chi connectivity index (χ4n) is 3.57. The molecule has 1 aromatic carbocycles. The highest BCUT2D eigenvalue weighted by Crippen LogP contribution is 2.20. The van der Waals surface area contributed by atoms with Gasteiger partial charge in [0, 0.05) is 25.4 Å². The van der Waals surface area contributed by atoms with Crippen LogP contribution < -0.4 is 5.32 Å². The molecule has 6 nitrogen and oxygen atoms in total. The van der Waals surface area contributed by atoms with Crippen LogP contribution in [0.1, 0.15) is 47.1 Å². The van der Waals surface area contributed by atoms with Crippen molar-refractivity contribution in [3.63, 3.8) is 0 Å². The Kier molecular flexibility index (Phi) is 5.42. The van der Waals surface area contributed by atoms with Gasteiger partial charge in [-0.2, -0.15) is 5.10 Å². The average Bonchev–Trinajstić information content (AvgIpc) is 3.32. The fraction of sp³-hybridized carbons (Fsp3) is 0.261. The first-order chi connectivity index (χ1) is 14.1. The molecule has 148 valence electrons. The lowest BCUT2D eigenvalue weighted by Gasteiger charge is -2.13. The van der Waals surface area contributed by atoms with Gasteiger partial charge in [0.2, 0.25) is 0 Å². The summed E-state index contributed by atoms with van der Waals surface area (Å²) in [5.41, 5.74) is 4.64. The van der Waals surface area contributed by atoms with E-state index in [4.69, 9.17) is 0 Å². The van der Waals surface area contributed by atoms with Crippen molar-refractivity contribution in [2.45, 2.75) is 32.7 Å². The molecule has 0 unspecified atom stereocenters. The van der Waals surface area contributed by atoms with E-state index in [0.717, 1.165) is 22.6 Å². The molecule has 0 bridgehead atoms. The van der Waals surface area contributed by atoms with Crippen molar-refractivity contribution in [1.82, 2.24) is 24.5 Å². The molecule has 0 aliphatic carbocycles. The van der Waals surface area contributed by atoms with Crippen LogP contribution in [0.3, 0.4) is 0 Å². The van der Waals surface area contributed by atoms with Gasteiger partial charge < -0.3 is 9.72 Å². The standard InChI is InChI=1S/C23H25N5O/c1-17(2)22-20(14-25-28(22)15-18-8-4-3-5-9-18)23(29)24-12-11-19-16-27-13-7-6-10-21(27)26-19/h3-10,13-14,16-17H,11-12,15H2,1-2H3,(H,24,29). The Morgan fingerprint density at radius 3 is 2.66 bits per heavy atom. The van der Waals surface area contributed by atoms with Gasteiger partial charge in [-0.15, -0.1) is 0 Å². The number of carbonyl (C=O) groups is 1. The zero-order valence-electron chi connectivity index (χ0n) is 16.7. The molecular weight excluding hydrogens is 362 g/mol. The maximum atomic E-state index is 12.8. The first-order valence-electron chi connectivity index (χ1n) is 9.92. The number of pyridine rings is 1. The van der Waals surface area contributed by atoms with Crippen LogP contribution in [0.15, 0.2) is 67.1 Å². The van der Waals surface area contributed by atoms with Crippen LogP contribution in [0.2, 0.25) is 0 Å². The zero-order chi connectivity index (χ0) is 20.2. The van der Waals surface area contributed by atoms with Gasteiger partial charge in [-0.1, -0.05) is 50.2 Å². The number of hydrogen-bond donors (Lipinski definition) is 1. The maximum absolute atomic E-state index is 12.8. The molecule has 0 aliphatic rings. The van der Waals surface area contributed by atoms with E-state index in [0.29, 0.717) is 25.1 Å². The Morgan fingerprint density at radius 2 is 1.90 bits per heavy atom. The number of imidazole rings is 1. The van der Waals surface area contributed by atoms with Gasteiger partial charge in [0.05, 0.1) is 29.7 Å². The van der Waals surface area contributed by atoms with Gasteiger partial charge >= 0.3 is 0 Å². The molecule has 3 heterocycles. The van der Waals surface area contributed by atoms with Crippen LogP contribution in [0, 0.1) is 0 Å². The SMILES string of the molecule is CC(C)c1c(C(=O)NCCc2cn3ccccc3n2)cnn1Cc1ccccc1. The quantitative estimate of drug-likeness (QED) is 0.526. The molecule has 0 spiro atoms. The van der Waals surface area contributed by atoms with Gasteiger partial charge in [-0.25, -0.2) is 4.98 Å². The molecule has 6 heteroatoms. The van der Waals surface area contributed by atoms with Crippen molar-refractivity contribution in [3.05, 3.63) is 89.6 Å². The van der Waals surface area contributed by atoms with E-state index in [2.05, 4.69) is 41.4 Å². The number of carbonyl (C=O) groups excluding carboxylic acids is 1. The third kappa shape index (κ3) is 4.21. The number of nitrogens with one attached hydrogen (secondary N) is 1. The van der Waals surface area contributed by atoms with E-state index < -0.39 is 0 Å². The Bertz CT molecular complexity index is 1080. The average molecular weight is 387 g/mol. The predicted molar refractivity (Wildman–Crippen MR) is 113 cm³/mol. The number of benzene rings is 1. The summed E-state index contributed by atoms with van der Waals surface area (Å²) in [6.45, 7) is 5.37. The van der Waals surface area contributed by atoms with Crippen LogP contribution in [-0.2, 0) is 13.0 Å². The number of aromatic nitrogens is 4. The number of fused-ring (bicyclic) bond motifs is 1. The Morgan fingerprint density at radius 1 is 1.10 bits per heavy atom. The molecule has 0 fully saturated rings. The van der Waals surface area contributed by atoms with Crippen LogP contribution in [0.25, 0.3) is 5.65 Å². The highest BCUT2D eigenvalue weighted by molar-refractivity contribution is 5.95. The van der Waals surface area contributed by atoms with E-state index in [1.807, 2.05) is 57.9 Å². The second-order valence-corrected chi connectivity index (χ2v) is 7.45. The van der Waals surface area contributed by atoms with Crippen LogP contribution in [0.4, 0.5) is 0 Å². The summed E-state index contributed by atoms with van der Waals surface area (Å²) in [6, 6.07) is 16.1. The number of nitrogens with zero attached hydrogens (tertiary/aromatic N) is 4. The van der Waals surface area contributed by atoms with Gasteiger partial charge in [-0.05, 0) is 23.6 Å².